The van der Waals surface area contributed by atoms with Gasteiger partial charge in [-0.15, -0.1) is 0 Å². The standard InChI is InChI=1S/C15H15ClN2O3S/c1-11(12-3-7-14(21-2)8-4-12)17-18-22(19,20)15-9-5-13(16)6-10-15/h3-10,18H,1-2H3/b17-11+. The molecule has 0 aliphatic heterocycles. The normalized spacial score (nSPS) is 12.0. The molecule has 0 amide bonds. The Morgan fingerprint density at radius 1 is 1.09 bits per heavy atom. The minimum absolute atomic E-state index is 0.100. The number of nitrogens with one attached hydrogen (secondary N) is 1. The van der Waals surface area contributed by atoms with Gasteiger partial charge in [0.2, 0.25) is 0 Å². The van der Waals surface area contributed by atoms with E-state index in [9.17, 15) is 8.42 Å². The van der Waals surface area contributed by atoms with Crippen LogP contribution in [0.1, 0.15) is 12.5 Å². The van der Waals surface area contributed by atoms with Gasteiger partial charge in [-0.2, -0.15) is 18.4 Å². The lowest BCUT2D eigenvalue weighted by Gasteiger charge is -2.06. The van der Waals surface area contributed by atoms with Crippen molar-refractivity contribution in [1.29, 1.82) is 0 Å². The van der Waals surface area contributed by atoms with Crippen molar-refractivity contribution in [2.75, 3.05) is 7.11 Å². The highest BCUT2D eigenvalue weighted by Crippen LogP contribution is 2.14. The highest BCUT2D eigenvalue weighted by molar-refractivity contribution is 7.89. The SMILES string of the molecule is COc1ccc(/C(C)=N/NS(=O)(=O)c2ccc(Cl)cc2)cc1. The molecule has 0 aliphatic carbocycles. The van der Waals surface area contributed by atoms with Crippen LogP contribution in [0.15, 0.2) is 58.5 Å². The molecule has 5 nitrogen and oxygen atoms in total. The van der Waals surface area contributed by atoms with Crippen LogP contribution in [0.2, 0.25) is 5.02 Å². The van der Waals surface area contributed by atoms with Gasteiger partial charge in [0.15, 0.2) is 0 Å². The maximum Gasteiger partial charge on any atom is 0.276 e. The van der Waals surface area contributed by atoms with Crippen LogP contribution in [0, 0.1) is 0 Å². The Hall–Kier alpha value is -2.05. The number of ether oxygens (including phenoxy) is 1. The first-order valence-corrected chi connectivity index (χ1v) is 8.24. The van der Waals surface area contributed by atoms with E-state index in [4.69, 9.17) is 16.3 Å². The average Bonchev–Trinajstić information content (AvgIpc) is 2.53. The van der Waals surface area contributed by atoms with Crippen LogP contribution in [0.5, 0.6) is 5.75 Å². The lowest BCUT2D eigenvalue weighted by Crippen LogP contribution is -2.19. The summed E-state index contributed by atoms with van der Waals surface area (Å²) in [5.41, 5.74) is 1.33. The number of halogens is 1. The fraction of sp³-hybridized carbons (Fsp3) is 0.133. The van der Waals surface area contributed by atoms with E-state index in [1.54, 1.807) is 38.3 Å². The first-order chi connectivity index (χ1) is 10.4. The molecular weight excluding hydrogens is 324 g/mol. The third-order valence-corrected chi connectivity index (χ3v) is 4.44. The molecule has 0 spiro atoms. The molecule has 0 saturated carbocycles. The van der Waals surface area contributed by atoms with Gasteiger partial charge < -0.3 is 4.74 Å². The van der Waals surface area contributed by atoms with Gasteiger partial charge in [0, 0.05) is 5.02 Å². The number of hydrogen-bond acceptors (Lipinski definition) is 4. The van der Waals surface area contributed by atoms with Gasteiger partial charge >= 0.3 is 0 Å². The van der Waals surface area contributed by atoms with Crippen molar-refractivity contribution in [2.24, 2.45) is 5.10 Å². The average molecular weight is 339 g/mol. The largest absolute Gasteiger partial charge is 0.497 e. The monoisotopic (exact) mass is 338 g/mol. The van der Waals surface area contributed by atoms with Crippen LogP contribution in [-0.4, -0.2) is 21.2 Å². The van der Waals surface area contributed by atoms with Gasteiger partial charge in [0.25, 0.3) is 10.0 Å². The first-order valence-electron chi connectivity index (χ1n) is 6.38. The molecule has 0 radical (unpaired) electrons. The topological polar surface area (TPSA) is 67.8 Å². The van der Waals surface area contributed by atoms with Crippen LogP contribution < -0.4 is 9.57 Å². The van der Waals surface area contributed by atoms with Gasteiger partial charge in [0.1, 0.15) is 5.75 Å². The third-order valence-electron chi connectivity index (χ3n) is 2.97. The van der Waals surface area contributed by atoms with Crippen LogP contribution in [0.25, 0.3) is 0 Å². The minimum atomic E-state index is -3.71. The molecule has 2 aromatic rings. The Morgan fingerprint density at radius 2 is 1.68 bits per heavy atom. The molecule has 1 N–H and O–H groups in total. The van der Waals surface area contributed by atoms with Crippen LogP contribution in [0.3, 0.4) is 0 Å². The van der Waals surface area contributed by atoms with Crippen LogP contribution in [-0.2, 0) is 10.0 Å². The van der Waals surface area contributed by atoms with Crippen LogP contribution >= 0.6 is 11.6 Å². The zero-order valence-electron chi connectivity index (χ0n) is 12.1. The summed E-state index contributed by atoms with van der Waals surface area (Å²) in [4.78, 5) is 2.31. The molecule has 22 heavy (non-hydrogen) atoms. The van der Waals surface area contributed by atoms with Crippen LogP contribution in [0.4, 0.5) is 0 Å². The fourth-order valence-electron chi connectivity index (χ4n) is 1.69. The molecule has 0 unspecified atom stereocenters. The van der Waals surface area contributed by atoms with Crippen molar-refractivity contribution in [1.82, 2.24) is 4.83 Å². The Labute approximate surface area is 134 Å². The van der Waals surface area contributed by atoms with Gasteiger partial charge in [0.05, 0.1) is 17.7 Å². The number of methoxy groups -OCH3 is 1. The first kappa shape index (κ1) is 16.3. The fourth-order valence-corrected chi connectivity index (χ4v) is 2.67. The summed E-state index contributed by atoms with van der Waals surface area (Å²) in [5, 5.41) is 4.39. The maximum atomic E-state index is 12.1. The number of rotatable bonds is 5. The summed E-state index contributed by atoms with van der Waals surface area (Å²) >= 11 is 5.74. The van der Waals surface area contributed by atoms with E-state index in [1.165, 1.54) is 24.3 Å². The minimum Gasteiger partial charge on any atom is -0.497 e. The van der Waals surface area contributed by atoms with Crippen molar-refractivity contribution in [3.05, 3.63) is 59.1 Å². The number of hydrazone groups is 1. The molecule has 116 valence electrons. The molecule has 0 aliphatic rings. The van der Waals surface area contributed by atoms with E-state index in [2.05, 4.69) is 9.93 Å². The second-order valence-electron chi connectivity index (χ2n) is 4.47. The molecule has 7 heteroatoms. The van der Waals surface area contributed by atoms with Gasteiger partial charge in [-0.05, 0) is 61.0 Å². The van der Waals surface area contributed by atoms with E-state index in [0.29, 0.717) is 10.7 Å². The van der Waals surface area contributed by atoms with E-state index < -0.39 is 10.0 Å². The summed E-state index contributed by atoms with van der Waals surface area (Å²) in [6.45, 7) is 1.71. The Kier molecular flexibility index (Phi) is 5.05. The Morgan fingerprint density at radius 3 is 2.23 bits per heavy atom. The van der Waals surface area contributed by atoms with Gasteiger partial charge in [-0.25, -0.2) is 0 Å². The summed E-state index contributed by atoms with van der Waals surface area (Å²) in [7, 11) is -2.13. The maximum absolute atomic E-state index is 12.1. The smallest absolute Gasteiger partial charge is 0.276 e. The molecular formula is C15H15ClN2O3S. The number of hydrogen-bond donors (Lipinski definition) is 1. The molecule has 0 saturated heterocycles. The predicted molar refractivity (Wildman–Crippen MR) is 87.0 cm³/mol. The Balaban J connectivity index is 2.16. The molecule has 2 aromatic carbocycles. The van der Waals surface area contributed by atoms with Crippen molar-refractivity contribution in [3.8, 4) is 5.75 Å². The van der Waals surface area contributed by atoms with E-state index >= 15 is 0 Å². The van der Waals surface area contributed by atoms with E-state index in [1.807, 2.05) is 0 Å². The van der Waals surface area contributed by atoms with Crippen molar-refractivity contribution in [2.45, 2.75) is 11.8 Å². The zero-order chi connectivity index (χ0) is 16.2. The third kappa shape index (κ3) is 3.99. The summed E-state index contributed by atoms with van der Waals surface area (Å²) < 4.78 is 29.3. The zero-order valence-corrected chi connectivity index (χ0v) is 13.6. The van der Waals surface area contributed by atoms with Gasteiger partial charge in [-0.3, -0.25) is 0 Å². The summed E-state index contributed by atoms with van der Waals surface area (Å²) in [5.74, 6) is 0.721. The Bertz CT molecular complexity index is 769. The quantitative estimate of drug-likeness (QED) is 0.673. The van der Waals surface area contributed by atoms with Crippen molar-refractivity contribution < 1.29 is 13.2 Å². The lowest BCUT2D eigenvalue weighted by atomic mass is 10.1. The lowest BCUT2D eigenvalue weighted by molar-refractivity contribution is 0.415. The summed E-state index contributed by atoms with van der Waals surface area (Å²) in [6.07, 6.45) is 0. The van der Waals surface area contributed by atoms with E-state index in [0.717, 1.165) is 11.3 Å². The molecule has 0 atom stereocenters. The van der Waals surface area contributed by atoms with Crippen molar-refractivity contribution in [3.63, 3.8) is 0 Å². The molecule has 2 rings (SSSR count). The van der Waals surface area contributed by atoms with Crippen molar-refractivity contribution >= 4 is 27.3 Å². The molecule has 0 heterocycles. The predicted octanol–water partition coefficient (Wildman–Crippen LogP) is 3.05. The van der Waals surface area contributed by atoms with E-state index in [-0.39, 0.29) is 4.90 Å². The number of benzene rings is 2. The molecule has 0 fully saturated rings. The highest BCUT2D eigenvalue weighted by Gasteiger charge is 2.12. The number of sulfonamides is 1. The van der Waals surface area contributed by atoms with Gasteiger partial charge in [-0.1, -0.05) is 11.6 Å². The molecule has 0 bridgehead atoms. The highest BCUT2D eigenvalue weighted by atomic mass is 35.5. The number of nitrogens with zero attached hydrogens (tertiary/aromatic N) is 1. The second kappa shape index (κ2) is 6.81. The second-order valence-corrected chi connectivity index (χ2v) is 6.57. The summed E-state index contributed by atoms with van der Waals surface area (Å²) in [6, 6.07) is 13.0. The molecule has 0 aromatic heterocycles.